The summed E-state index contributed by atoms with van der Waals surface area (Å²) in [6.07, 6.45) is 1.64. The van der Waals surface area contributed by atoms with Crippen LogP contribution in [0.25, 0.3) is 0 Å². The van der Waals surface area contributed by atoms with Gasteiger partial charge in [-0.1, -0.05) is 22.0 Å². The molecule has 0 unspecified atom stereocenters. The lowest BCUT2D eigenvalue weighted by Crippen LogP contribution is -2.42. The zero-order valence-electron chi connectivity index (χ0n) is 11.0. The van der Waals surface area contributed by atoms with Crippen LogP contribution in [0.3, 0.4) is 0 Å². The van der Waals surface area contributed by atoms with E-state index >= 15 is 0 Å². The number of nitrogens with two attached hydrogens (primary N) is 1. The fraction of sp³-hybridized carbons (Fsp3) is 0.571. The van der Waals surface area contributed by atoms with Gasteiger partial charge >= 0.3 is 0 Å². The third kappa shape index (κ3) is 3.05. The van der Waals surface area contributed by atoms with Crippen molar-refractivity contribution in [2.45, 2.75) is 38.3 Å². The summed E-state index contributed by atoms with van der Waals surface area (Å²) in [6, 6.07) is 6.36. The van der Waals surface area contributed by atoms with Crippen molar-refractivity contribution < 1.29 is 5.11 Å². The smallest absolute Gasteiger partial charge is 0.0653 e. The molecular weight excluding hydrogens is 292 g/mol. The van der Waals surface area contributed by atoms with Crippen LogP contribution in [-0.2, 0) is 0 Å². The molecule has 100 valence electrons. The van der Waals surface area contributed by atoms with E-state index in [4.69, 9.17) is 5.73 Å². The van der Waals surface area contributed by atoms with Crippen molar-refractivity contribution in [3.05, 3.63) is 28.2 Å². The molecular formula is C14H21BrN2O. The minimum absolute atomic E-state index is 0.0375. The Labute approximate surface area is 117 Å². The SMILES string of the molecule is C[C@H](N)c1ccc(N2CCC(C)(O)CC2)cc1Br. The largest absolute Gasteiger partial charge is 0.390 e. The van der Waals surface area contributed by atoms with Crippen molar-refractivity contribution in [2.24, 2.45) is 5.73 Å². The molecule has 1 aromatic carbocycles. The molecule has 1 aromatic rings. The Kier molecular flexibility index (Phi) is 3.99. The van der Waals surface area contributed by atoms with Gasteiger partial charge in [-0.2, -0.15) is 0 Å². The maximum Gasteiger partial charge on any atom is 0.0653 e. The van der Waals surface area contributed by atoms with Gasteiger partial charge in [0.25, 0.3) is 0 Å². The van der Waals surface area contributed by atoms with E-state index < -0.39 is 5.60 Å². The Bertz CT molecular complexity index is 422. The van der Waals surface area contributed by atoms with Crippen LogP contribution < -0.4 is 10.6 Å². The summed E-state index contributed by atoms with van der Waals surface area (Å²) in [5, 5.41) is 9.96. The first-order chi connectivity index (χ1) is 8.39. The minimum Gasteiger partial charge on any atom is -0.390 e. The molecule has 1 saturated heterocycles. The summed E-state index contributed by atoms with van der Waals surface area (Å²) in [7, 11) is 0. The molecule has 0 aromatic heterocycles. The Morgan fingerprint density at radius 2 is 2.00 bits per heavy atom. The second-order valence-electron chi connectivity index (χ2n) is 5.48. The monoisotopic (exact) mass is 312 g/mol. The summed E-state index contributed by atoms with van der Waals surface area (Å²) in [5.74, 6) is 0. The van der Waals surface area contributed by atoms with E-state index in [0.29, 0.717) is 0 Å². The number of rotatable bonds is 2. The number of hydrogen-bond donors (Lipinski definition) is 2. The maximum absolute atomic E-state index is 9.96. The van der Waals surface area contributed by atoms with Crippen LogP contribution in [0.5, 0.6) is 0 Å². The second-order valence-corrected chi connectivity index (χ2v) is 6.33. The van der Waals surface area contributed by atoms with Crippen molar-refractivity contribution in [1.29, 1.82) is 0 Å². The fourth-order valence-electron chi connectivity index (χ4n) is 2.33. The zero-order chi connectivity index (χ0) is 13.3. The number of halogens is 1. The van der Waals surface area contributed by atoms with Crippen LogP contribution >= 0.6 is 15.9 Å². The van der Waals surface area contributed by atoms with E-state index in [2.05, 4.69) is 39.0 Å². The van der Waals surface area contributed by atoms with Crippen molar-refractivity contribution in [3.63, 3.8) is 0 Å². The molecule has 0 radical (unpaired) electrons. The molecule has 0 amide bonds. The van der Waals surface area contributed by atoms with Crippen molar-refractivity contribution in [2.75, 3.05) is 18.0 Å². The van der Waals surface area contributed by atoms with E-state index in [-0.39, 0.29) is 6.04 Å². The van der Waals surface area contributed by atoms with Gasteiger partial charge in [-0.25, -0.2) is 0 Å². The maximum atomic E-state index is 9.96. The first-order valence-electron chi connectivity index (χ1n) is 6.41. The van der Waals surface area contributed by atoms with Gasteiger partial charge in [-0.05, 0) is 44.4 Å². The molecule has 0 spiro atoms. The number of hydrogen-bond acceptors (Lipinski definition) is 3. The number of aliphatic hydroxyl groups is 1. The van der Waals surface area contributed by atoms with E-state index in [1.807, 2.05) is 13.8 Å². The summed E-state index contributed by atoms with van der Waals surface area (Å²) in [6.45, 7) is 5.70. The predicted octanol–water partition coefficient (Wildman–Crippen LogP) is 2.82. The minimum atomic E-state index is -0.501. The molecule has 1 atom stereocenters. The molecule has 2 rings (SSSR count). The van der Waals surface area contributed by atoms with Crippen molar-refractivity contribution in [3.8, 4) is 0 Å². The Hall–Kier alpha value is -0.580. The second kappa shape index (κ2) is 5.19. The molecule has 1 fully saturated rings. The van der Waals surface area contributed by atoms with Crippen molar-refractivity contribution >= 4 is 21.6 Å². The van der Waals surface area contributed by atoms with Crippen LogP contribution in [0.1, 0.15) is 38.3 Å². The van der Waals surface area contributed by atoms with Gasteiger partial charge in [0.05, 0.1) is 5.60 Å². The van der Waals surface area contributed by atoms with Gasteiger partial charge in [0.2, 0.25) is 0 Å². The molecule has 4 heteroatoms. The highest BCUT2D eigenvalue weighted by Crippen LogP contribution is 2.30. The van der Waals surface area contributed by atoms with Crippen LogP contribution in [0.4, 0.5) is 5.69 Å². The number of benzene rings is 1. The van der Waals surface area contributed by atoms with E-state index in [0.717, 1.165) is 36.0 Å². The first kappa shape index (κ1) is 13.8. The van der Waals surface area contributed by atoms with Crippen LogP contribution in [0, 0.1) is 0 Å². The highest BCUT2D eigenvalue weighted by Gasteiger charge is 2.27. The molecule has 1 heterocycles. The molecule has 1 aliphatic rings. The lowest BCUT2D eigenvalue weighted by atomic mass is 9.93. The normalized spacial score (nSPS) is 20.8. The third-order valence-corrected chi connectivity index (χ3v) is 4.37. The Morgan fingerprint density at radius 3 is 2.50 bits per heavy atom. The number of nitrogens with zero attached hydrogens (tertiary/aromatic N) is 1. The Balaban J connectivity index is 2.13. The number of piperidine rings is 1. The van der Waals surface area contributed by atoms with E-state index in [1.165, 1.54) is 5.69 Å². The average molecular weight is 313 g/mol. The standard InChI is InChI=1S/C14H21BrN2O/c1-10(16)12-4-3-11(9-13(12)15)17-7-5-14(2,18)6-8-17/h3-4,9-10,18H,5-8,16H2,1-2H3/t10-/m0/s1. The zero-order valence-corrected chi connectivity index (χ0v) is 12.6. The van der Waals surface area contributed by atoms with Gasteiger partial charge in [-0.3, -0.25) is 0 Å². The quantitative estimate of drug-likeness (QED) is 0.883. The molecule has 0 aliphatic carbocycles. The molecule has 0 bridgehead atoms. The summed E-state index contributed by atoms with van der Waals surface area (Å²) in [4.78, 5) is 2.31. The van der Waals surface area contributed by atoms with E-state index in [9.17, 15) is 5.11 Å². The van der Waals surface area contributed by atoms with Crippen LogP contribution in [-0.4, -0.2) is 23.8 Å². The molecule has 3 nitrogen and oxygen atoms in total. The van der Waals surface area contributed by atoms with Crippen molar-refractivity contribution in [1.82, 2.24) is 0 Å². The van der Waals surface area contributed by atoms with Gasteiger partial charge in [0, 0.05) is 29.3 Å². The summed E-state index contributed by atoms with van der Waals surface area (Å²) < 4.78 is 1.06. The molecule has 1 aliphatic heterocycles. The third-order valence-electron chi connectivity index (χ3n) is 3.68. The summed E-state index contributed by atoms with van der Waals surface area (Å²) >= 11 is 3.58. The predicted molar refractivity (Wildman–Crippen MR) is 78.8 cm³/mol. The van der Waals surface area contributed by atoms with Gasteiger partial charge in [-0.15, -0.1) is 0 Å². The lowest BCUT2D eigenvalue weighted by molar-refractivity contribution is 0.0351. The average Bonchev–Trinajstić information content (AvgIpc) is 2.28. The van der Waals surface area contributed by atoms with Crippen LogP contribution in [0.2, 0.25) is 0 Å². The van der Waals surface area contributed by atoms with Gasteiger partial charge in [0.15, 0.2) is 0 Å². The van der Waals surface area contributed by atoms with Gasteiger partial charge in [0.1, 0.15) is 0 Å². The first-order valence-corrected chi connectivity index (χ1v) is 7.21. The van der Waals surface area contributed by atoms with E-state index in [1.54, 1.807) is 0 Å². The fourth-order valence-corrected chi connectivity index (χ4v) is 3.06. The summed E-state index contributed by atoms with van der Waals surface area (Å²) in [5.41, 5.74) is 7.73. The van der Waals surface area contributed by atoms with Gasteiger partial charge < -0.3 is 15.7 Å². The molecule has 18 heavy (non-hydrogen) atoms. The topological polar surface area (TPSA) is 49.5 Å². The highest BCUT2D eigenvalue weighted by atomic mass is 79.9. The lowest BCUT2D eigenvalue weighted by Gasteiger charge is -2.37. The molecule has 0 saturated carbocycles. The molecule has 3 N–H and O–H groups in total. The number of anilines is 1. The van der Waals surface area contributed by atoms with Crippen LogP contribution in [0.15, 0.2) is 22.7 Å². The highest BCUT2D eigenvalue weighted by molar-refractivity contribution is 9.10. The Morgan fingerprint density at radius 1 is 1.39 bits per heavy atom.